The van der Waals surface area contributed by atoms with Gasteiger partial charge in [-0.05, 0) is 19.8 Å². The molecular formula is C12H19N3O3S. The molecule has 1 saturated heterocycles. The summed E-state index contributed by atoms with van der Waals surface area (Å²) in [7, 11) is 0. The van der Waals surface area contributed by atoms with Crippen molar-refractivity contribution in [3.8, 4) is 0 Å². The molecule has 7 heteroatoms. The maximum absolute atomic E-state index is 10.8. The van der Waals surface area contributed by atoms with Crippen LogP contribution in [-0.2, 0) is 9.53 Å². The second kappa shape index (κ2) is 6.31. The molecule has 106 valence electrons. The summed E-state index contributed by atoms with van der Waals surface area (Å²) in [6, 6.07) is -1.04. The summed E-state index contributed by atoms with van der Waals surface area (Å²) in [5.74, 6) is -1.05. The Bertz CT molecular complexity index is 436. The van der Waals surface area contributed by atoms with Gasteiger partial charge in [0.25, 0.3) is 0 Å². The van der Waals surface area contributed by atoms with E-state index in [4.69, 9.17) is 15.6 Å². The largest absolute Gasteiger partial charge is 0.480 e. The standard InChI is InChI=1S/C12H19N3O3S/c1-2-18-8-4-3-5-15(6-8)12-14-9(7-19-12)10(13)11(16)17/h7-8,10H,2-6,13H2,1H3,(H,16,17). The highest BCUT2D eigenvalue weighted by atomic mass is 32.1. The van der Waals surface area contributed by atoms with Crippen molar-refractivity contribution in [1.82, 2.24) is 4.98 Å². The van der Waals surface area contributed by atoms with E-state index in [0.717, 1.165) is 31.1 Å². The molecule has 2 atom stereocenters. The van der Waals surface area contributed by atoms with E-state index in [1.54, 1.807) is 5.38 Å². The molecule has 0 bridgehead atoms. The van der Waals surface area contributed by atoms with Crippen LogP contribution < -0.4 is 10.6 Å². The number of aliphatic carboxylic acids is 1. The number of nitrogens with two attached hydrogens (primary N) is 1. The molecule has 6 nitrogen and oxygen atoms in total. The zero-order chi connectivity index (χ0) is 13.8. The number of piperidine rings is 1. The number of aromatic nitrogens is 1. The molecule has 0 saturated carbocycles. The van der Waals surface area contributed by atoms with E-state index in [2.05, 4.69) is 9.88 Å². The Kier molecular flexibility index (Phi) is 4.73. The van der Waals surface area contributed by atoms with Gasteiger partial charge in [-0.2, -0.15) is 0 Å². The molecule has 1 aliphatic heterocycles. The van der Waals surface area contributed by atoms with E-state index in [-0.39, 0.29) is 6.10 Å². The molecule has 2 heterocycles. The Labute approximate surface area is 116 Å². The first-order valence-electron chi connectivity index (χ1n) is 6.42. The molecule has 0 spiro atoms. The maximum atomic E-state index is 10.8. The highest BCUT2D eigenvalue weighted by Crippen LogP contribution is 2.26. The molecule has 0 aliphatic carbocycles. The summed E-state index contributed by atoms with van der Waals surface area (Å²) < 4.78 is 5.64. The lowest BCUT2D eigenvalue weighted by molar-refractivity contribution is -0.138. The lowest BCUT2D eigenvalue weighted by atomic mass is 10.1. The Morgan fingerprint density at radius 1 is 1.79 bits per heavy atom. The predicted octanol–water partition coefficient (Wildman–Crippen LogP) is 1.23. The smallest absolute Gasteiger partial charge is 0.326 e. The summed E-state index contributed by atoms with van der Waals surface area (Å²) in [4.78, 5) is 17.3. The van der Waals surface area contributed by atoms with Gasteiger partial charge < -0.3 is 20.5 Å². The summed E-state index contributed by atoms with van der Waals surface area (Å²) in [5.41, 5.74) is 5.98. The fraction of sp³-hybridized carbons (Fsp3) is 0.667. The topological polar surface area (TPSA) is 88.7 Å². The van der Waals surface area contributed by atoms with E-state index >= 15 is 0 Å². The maximum Gasteiger partial charge on any atom is 0.326 e. The first-order chi connectivity index (χ1) is 9.11. The average Bonchev–Trinajstić information content (AvgIpc) is 2.88. The molecule has 0 aromatic carbocycles. The van der Waals surface area contributed by atoms with E-state index in [1.165, 1.54) is 11.3 Å². The third-order valence-electron chi connectivity index (χ3n) is 3.15. The molecule has 1 aromatic heterocycles. The van der Waals surface area contributed by atoms with Gasteiger partial charge in [0.05, 0.1) is 11.8 Å². The summed E-state index contributed by atoms with van der Waals surface area (Å²) in [6.45, 7) is 4.44. The van der Waals surface area contributed by atoms with Crippen LogP contribution in [0.5, 0.6) is 0 Å². The van der Waals surface area contributed by atoms with Gasteiger partial charge in [0.15, 0.2) is 5.13 Å². The van der Waals surface area contributed by atoms with Crippen molar-refractivity contribution < 1.29 is 14.6 Å². The number of anilines is 1. The SMILES string of the molecule is CCOC1CCCN(c2nc(C(N)C(=O)O)cs2)C1. The Morgan fingerprint density at radius 2 is 2.58 bits per heavy atom. The van der Waals surface area contributed by atoms with E-state index < -0.39 is 12.0 Å². The monoisotopic (exact) mass is 285 g/mol. The highest BCUT2D eigenvalue weighted by molar-refractivity contribution is 7.13. The molecule has 2 rings (SSSR count). The minimum Gasteiger partial charge on any atom is -0.480 e. The number of carboxylic acid groups (broad SMARTS) is 1. The number of hydrogen-bond donors (Lipinski definition) is 2. The fourth-order valence-corrected chi connectivity index (χ4v) is 3.07. The number of nitrogens with zero attached hydrogens (tertiary/aromatic N) is 2. The molecule has 1 fully saturated rings. The summed E-state index contributed by atoms with van der Waals surface area (Å²) >= 11 is 1.44. The first kappa shape index (κ1) is 14.2. The first-order valence-corrected chi connectivity index (χ1v) is 7.30. The van der Waals surface area contributed by atoms with E-state index in [0.29, 0.717) is 12.3 Å². The van der Waals surface area contributed by atoms with Gasteiger partial charge in [-0.25, -0.2) is 4.98 Å². The van der Waals surface area contributed by atoms with Crippen molar-refractivity contribution in [2.45, 2.75) is 31.9 Å². The molecule has 19 heavy (non-hydrogen) atoms. The zero-order valence-corrected chi connectivity index (χ0v) is 11.7. The molecule has 1 aromatic rings. The number of ether oxygens (including phenoxy) is 1. The van der Waals surface area contributed by atoms with Crippen LogP contribution in [0.1, 0.15) is 31.5 Å². The van der Waals surface area contributed by atoms with Crippen LogP contribution >= 0.6 is 11.3 Å². The quantitative estimate of drug-likeness (QED) is 0.846. The minimum atomic E-state index is -1.05. The van der Waals surface area contributed by atoms with Gasteiger partial charge in [0, 0.05) is 25.1 Å². The van der Waals surface area contributed by atoms with Crippen molar-refractivity contribution >= 4 is 22.4 Å². The van der Waals surface area contributed by atoms with Crippen LogP contribution in [-0.4, -0.2) is 41.9 Å². The normalized spacial score (nSPS) is 21.4. The van der Waals surface area contributed by atoms with Crippen molar-refractivity contribution in [2.75, 3.05) is 24.6 Å². The van der Waals surface area contributed by atoms with E-state index in [9.17, 15) is 4.79 Å². The average molecular weight is 285 g/mol. The number of thiazole rings is 1. The molecule has 0 radical (unpaired) electrons. The third-order valence-corrected chi connectivity index (χ3v) is 4.07. The molecule has 3 N–H and O–H groups in total. The predicted molar refractivity (Wildman–Crippen MR) is 73.5 cm³/mol. The molecule has 2 unspecified atom stereocenters. The number of carbonyl (C=O) groups is 1. The zero-order valence-electron chi connectivity index (χ0n) is 10.9. The Hall–Kier alpha value is -1.18. The van der Waals surface area contributed by atoms with Crippen molar-refractivity contribution in [3.63, 3.8) is 0 Å². The van der Waals surface area contributed by atoms with Gasteiger partial charge in [0.2, 0.25) is 0 Å². The number of hydrogen-bond acceptors (Lipinski definition) is 6. The van der Waals surface area contributed by atoms with Crippen molar-refractivity contribution in [3.05, 3.63) is 11.1 Å². The van der Waals surface area contributed by atoms with Gasteiger partial charge in [0.1, 0.15) is 6.04 Å². The van der Waals surface area contributed by atoms with Crippen LogP contribution in [0, 0.1) is 0 Å². The minimum absolute atomic E-state index is 0.235. The highest BCUT2D eigenvalue weighted by Gasteiger charge is 2.24. The molecule has 1 aliphatic rings. The Balaban J connectivity index is 2.03. The van der Waals surface area contributed by atoms with E-state index in [1.807, 2.05) is 6.92 Å². The fourth-order valence-electron chi connectivity index (χ4n) is 2.17. The van der Waals surface area contributed by atoms with Crippen molar-refractivity contribution in [1.29, 1.82) is 0 Å². The van der Waals surface area contributed by atoms with Crippen LogP contribution in [0.4, 0.5) is 5.13 Å². The van der Waals surface area contributed by atoms with Crippen LogP contribution in [0.15, 0.2) is 5.38 Å². The van der Waals surface area contributed by atoms with Gasteiger partial charge in [-0.1, -0.05) is 0 Å². The van der Waals surface area contributed by atoms with Crippen LogP contribution in [0.2, 0.25) is 0 Å². The van der Waals surface area contributed by atoms with Crippen LogP contribution in [0.3, 0.4) is 0 Å². The second-order valence-electron chi connectivity index (χ2n) is 4.54. The lowest BCUT2D eigenvalue weighted by Gasteiger charge is -2.32. The number of rotatable bonds is 5. The van der Waals surface area contributed by atoms with Crippen LogP contribution in [0.25, 0.3) is 0 Å². The summed E-state index contributed by atoms with van der Waals surface area (Å²) in [5, 5.41) is 11.4. The Morgan fingerprint density at radius 3 is 3.26 bits per heavy atom. The molecular weight excluding hydrogens is 266 g/mol. The van der Waals surface area contributed by atoms with Crippen molar-refractivity contribution in [2.24, 2.45) is 5.73 Å². The van der Waals surface area contributed by atoms with Gasteiger partial charge in [-0.15, -0.1) is 11.3 Å². The van der Waals surface area contributed by atoms with Gasteiger partial charge >= 0.3 is 5.97 Å². The number of carboxylic acids is 1. The third kappa shape index (κ3) is 3.43. The second-order valence-corrected chi connectivity index (χ2v) is 5.37. The molecule has 0 amide bonds. The lowest BCUT2D eigenvalue weighted by Crippen LogP contribution is -2.39. The summed E-state index contributed by atoms with van der Waals surface area (Å²) in [6.07, 6.45) is 2.36. The van der Waals surface area contributed by atoms with Gasteiger partial charge in [-0.3, -0.25) is 4.79 Å².